The molecule has 0 saturated heterocycles. The molecular weight excluding hydrogens is 224 g/mol. The van der Waals surface area contributed by atoms with E-state index in [0.717, 1.165) is 38.0 Å². The summed E-state index contributed by atoms with van der Waals surface area (Å²) in [5.74, 6) is 1.66. The van der Waals surface area contributed by atoms with Crippen molar-refractivity contribution < 1.29 is 0 Å². The fraction of sp³-hybridized carbons (Fsp3) is 1.00. The topological polar surface area (TPSA) is 76.1 Å². The van der Waals surface area contributed by atoms with Gasteiger partial charge >= 0.3 is 0 Å². The van der Waals surface area contributed by atoms with Crippen LogP contribution in [0.2, 0.25) is 0 Å². The quantitative estimate of drug-likeness (QED) is 0.515. The molecule has 0 aromatic carbocycles. The van der Waals surface area contributed by atoms with Crippen molar-refractivity contribution in [3.05, 3.63) is 0 Å². The van der Waals surface area contributed by atoms with Gasteiger partial charge in [-0.05, 0) is 51.4 Å². The predicted molar refractivity (Wildman–Crippen MR) is 78.5 cm³/mol. The van der Waals surface area contributed by atoms with E-state index in [9.17, 15) is 0 Å². The van der Waals surface area contributed by atoms with Gasteiger partial charge in [0.1, 0.15) is 0 Å². The van der Waals surface area contributed by atoms with Gasteiger partial charge in [0.2, 0.25) is 0 Å². The third kappa shape index (κ3) is 5.22. The number of nitrogens with one attached hydrogen (secondary N) is 2. The summed E-state index contributed by atoms with van der Waals surface area (Å²) in [6.45, 7) is 7.96. The largest absolute Gasteiger partial charge is 0.329 e. The molecule has 0 spiro atoms. The molecule has 2 atom stereocenters. The Hall–Kier alpha value is -0.160. The van der Waals surface area contributed by atoms with Gasteiger partial charge in [0.25, 0.3) is 0 Å². The van der Waals surface area contributed by atoms with E-state index in [0.29, 0.717) is 12.1 Å². The molecule has 0 heterocycles. The Labute approximate surface area is 112 Å². The first kappa shape index (κ1) is 15.9. The van der Waals surface area contributed by atoms with E-state index in [4.69, 9.17) is 11.5 Å². The third-order valence-corrected chi connectivity index (χ3v) is 4.45. The molecule has 18 heavy (non-hydrogen) atoms. The van der Waals surface area contributed by atoms with Crippen molar-refractivity contribution in [1.82, 2.24) is 10.6 Å². The van der Waals surface area contributed by atoms with Crippen LogP contribution in [0.5, 0.6) is 0 Å². The van der Waals surface area contributed by atoms with Gasteiger partial charge in [0.15, 0.2) is 0 Å². The predicted octanol–water partition coefficient (Wildman–Crippen LogP) is 0.666. The lowest BCUT2D eigenvalue weighted by Gasteiger charge is -2.35. The van der Waals surface area contributed by atoms with Crippen LogP contribution in [0.3, 0.4) is 0 Å². The summed E-state index contributed by atoms with van der Waals surface area (Å²) in [5, 5.41) is 7.05. The molecule has 2 unspecified atom stereocenters. The van der Waals surface area contributed by atoms with Gasteiger partial charge in [0.05, 0.1) is 0 Å². The van der Waals surface area contributed by atoms with E-state index in [1.807, 2.05) is 0 Å². The van der Waals surface area contributed by atoms with Crippen LogP contribution in [0, 0.1) is 11.8 Å². The molecule has 0 aromatic heterocycles. The Morgan fingerprint density at radius 3 is 1.44 bits per heavy atom. The molecule has 108 valence electrons. The number of rotatable bonds is 8. The van der Waals surface area contributed by atoms with Crippen LogP contribution in [-0.4, -0.2) is 38.3 Å². The van der Waals surface area contributed by atoms with Gasteiger partial charge in [-0.1, -0.05) is 0 Å². The maximum absolute atomic E-state index is 5.53. The van der Waals surface area contributed by atoms with Crippen LogP contribution in [0.1, 0.15) is 39.5 Å². The van der Waals surface area contributed by atoms with Gasteiger partial charge in [0, 0.05) is 38.3 Å². The normalized spacial score (nSPS) is 28.0. The lowest BCUT2D eigenvalue weighted by Crippen LogP contribution is -2.42. The van der Waals surface area contributed by atoms with Crippen LogP contribution in [0.15, 0.2) is 0 Å². The van der Waals surface area contributed by atoms with Crippen molar-refractivity contribution in [3.63, 3.8) is 0 Å². The Bertz CT molecular complexity index is 180. The molecule has 1 aliphatic carbocycles. The first-order valence-electron chi connectivity index (χ1n) is 7.56. The third-order valence-electron chi connectivity index (χ3n) is 4.45. The van der Waals surface area contributed by atoms with E-state index < -0.39 is 0 Å². The molecule has 1 saturated carbocycles. The molecule has 0 aliphatic heterocycles. The lowest BCUT2D eigenvalue weighted by atomic mass is 9.76. The van der Waals surface area contributed by atoms with Crippen molar-refractivity contribution >= 4 is 0 Å². The summed E-state index contributed by atoms with van der Waals surface area (Å²) in [7, 11) is 0. The van der Waals surface area contributed by atoms with Crippen molar-refractivity contribution in [3.8, 4) is 0 Å². The molecule has 0 radical (unpaired) electrons. The Morgan fingerprint density at radius 1 is 0.833 bits per heavy atom. The summed E-state index contributed by atoms with van der Waals surface area (Å²) in [6.07, 6.45) is 5.38. The Morgan fingerprint density at radius 2 is 1.17 bits per heavy atom. The highest BCUT2D eigenvalue weighted by atomic mass is 14.9. The van der Waals surface area contributed by atoms with Crippen molar-refractivity contribution in [2.24, 2.45) is 23.3 Å². The van der Waals surface area contributed by atoms with Crippen LogP contribution in [0.25, 0.3) is 0 Å². The average molecular weight is 256 g/mol. The van der Waals surface area contributed by atoms with Gasteiger partial charge in [-0.3, -0.25) is 0 Å². The monoisotopic (exact) mass is 256 g/mol. The van der Waals surface area contributed by atoms with E-state index in [1.54, 1.807) is 0 Å². The van der Waals surface area contributed by atoms with E-state index >= 15 is 0 Å². The SMILES string of the molecule is CC(NCCN)C1CCC(C(C)NCCN)CC1. The maximum Gasteiger partial charge on any atom is 0.00770 e. The number of hydrogen-bond acceptors (Lipinski definition) is 4. The van der Waals surface area contributed by atoms with Gasteiger partial charge in [-0.15, -0.1) is 0 Å². The van der Waals surface area contributed by atoms with Crippen molar-refractivity contribution in [1.29, 1.82) is 0 Å². The van der Waals surface area contributed by atoms with Gasteiger partial charge < -0.3 is 22.1 Å². The number of nitrogens with two attached hydrogens (primary N) is 2. The second kappa shape index (κ2) is 8.86. The molecule has 0 aromatic rings. The first-order chi connectivity index (χ1) is 8.69. The molecular formula is C14H32N4. The Kier molecular flexibility index (Phi) is 7.82. The smallest absolute Gasteiger partial charge is 0.00770 e. The second-order valence-corrected chi connectivity index (χ2v) is 5.74. The molecule has 0 amide bonds. The van der Waals surface area contributed by atoms with Crippen LogP contribution in [-0.2, 0) is 0 Å². The average Bonchev–Trinajstić information content (AvgIpc) is 2.42. The zero-order valence-electron chi connectivity index (χ0n) is 12.1. The minimum absolute atomic E-state index is 0.613. The zero-order chi connectivity index (χ0) is 13.4. The fourth-order valence-corrected chi connectivity index (χ4v) is 3.10. The van der Waals surface area contributed by atoms with Gasteiger partial charge in [-0.25, -0.2) is 0 Å². The van der Waals surface area contributed by atoms with Crippen molar-refractivity contribution in [2.75, 3.05) is 26.2 Å². The van der Waals surface area contributed by atoms with Crippen LogP contribution >= 0.6 is 0 Å². The van der Waals surface area contributed by atoms with Crippen molar-refractivity contribution in [2.45, 2.75) is 51.6 Å². The number of hydrogen-bond donors (Lipinski definition) is 4. The van der Waals surface area contributed by atoms with Gasteiger partial charge in [-0.2, -0.15) is 0 Å². The summed E-state index contributed by atoms with van der Waals surface area (Å²) >= 11 is 0. The fourth-order valence-electron chi connectivity index (χ4n) is 3.10. The lowest BCUT2D eigenvalue weighted by molar-refractivity contribution is 0.200. The van der Waals surface area contributed by atoms with E-state index in [1.165, 1.54) is 25.7 Å². The highest BCUT2D eigenvalue weighted by Crippen LogP contribution is 2.32. The van der Waals surface area contributed by atoms with Crippen LogP contribution in [0.4, 0.5) is 0 Å². The molecule has 4 heteroatoms. The summed E-state index contributed by atoms with van der Waals surface area (Å²) in [4.78, 5) is 0. The van der Waals surface area contributed by atoms with E-state index in [-0.39, 0.29) is 0 Å². The molecule has 1 aliphatic rings. The summed E-state index contributed by atoms with van der Waals surface area (Å²) in [5.41, 5.74) is 11.1. The standard InChI is InChI=1S/C14H32N4/c1-11(17-9-7-15)13-3-5-14(6-4-13)12(2)18-10-8-16/h11-14,17-18H,3-10,15-16H2,1-2H3. The van der Waals surface area contributed by atoms with E-state index in [2.05, 4.69) is 24.5 Å². The minimum atomic E-state index is 0.613. The summed E-state index contributed by atoms with van der Waals surface area (Å²) < 4.78 is 0. The summed E-state index contributed by atoms with van der Waals surface area (Å²) in [6, 6.07) is 1.23. The highest BCUT2D eigenvalue weighted by Gasteiger charge is 2.27. The maximum atomic E-state index is 5.53. The van der Waals surface area contributed by atoms with Crippen LogP contribution < -0.4 is 22.1 Å². The minimum Gasteiger partial charge on any atom is -0.329 e. The highest BCUT2D eigenvalue weighted by molar-refractivity contribution is 4.83. The molecule has 1 fully saturated rings. The Balaban J connectivity index is 2.23. The first-order valence-corrected chi connectivity index (χ1v) is 7.56. The second-order valence-electron chi connectivity index (χ2n) is 5.74. The molecule has 6 N–H and O–H groups in total. The molecule has 4 nitrogen and oxygen atoms in total. The zero-order valence-corrected chi connectivity index (χ0v) is 12.1. The molecule has 1 rings (SSSR count). The molecule has 0 bridgehead atoms.